The largest absolute Gasteiger partial charge is 0.468 e. The Morgan fingerprint density at radius 3 is 2.42 bits per heavy atom. The second kappa shape index (κ2) is 19.1. The summed E-state index contributed by atoms with van der Waals surface area (Å²) in [5.41, 5.74) is 3.91. The summed E-state index contributed by atoms with van der Waals surface area (Å²) in [6, 6.07) is 10.8. The van der Waals surface area contributed by atoms with Crippen molar-refractivity contribution in [2.45, 2.75) is 90.6 Å². The lowest BCUT2D eigenvalue weighted by atomic mass is 9.99. The van der Waals surface area contributed by atoms with E-state index in [1.165, 1.54) is 17.0 Å². The standard InChI is InChI=1S/C40H46ClN9O6S/c1-23-24(2)57-40-35(23)36(26-15-17-27(41)18-16-26)45-30(37-49-48-25(3)50(37)40)21-32(52)42-19-7-5-4-6-8-20-43-33(53)22-56-34-14-10-12-28(44-34)38(54)46-29-11-9-13-31(51)47-39(29)55/h10,12,14-18,29-30H,4-9,11,13,19-22H2,1-3H3,(H,42,52)(H,43,53)(H,46,54)(H,47,51,55)/t29?,30-/m0/s1. The second-order valence-electron chi connectivity index (χ2n) is 14.1. The minimum absolute atomic E-state index is 0.0246. The number of amides is 5. The highest BCUT2D eigenvalue weighted by molar-refractivity contribution is 7.15. The molecule has 57 heavy (non-hydrogen) atoms. The lowest BCUT2D eigenvalue weighted by Gasteiger charge is -2.14. The number of aliphatic imine (C=N–C) groups is 1. The lowest BCUT2D eigenvalue weighted by molar-refractivity contribution is -0.130. The number of halogens is 1. The highest BCUT2D eigenvalue weighted by Gasteiger charge is 2.32. The molecule has 300 valence electrons. The molecule has 17 heteroatoms. The van der Waals surface area contributed by atoms with E-state index >= 15 is 0 Å². The molecule has 4 N–H and O–H groups in total. The van der Waals surface area contributed by atoms with Crippen molar-refractivity contribution in [1.29, 1.82) is 0 Å². The number of nitrogens with one attached hydrogen (secondary N) is 4. The fourth-order valence-corrected chi connectivity index (χ4v) is 8.02. The first-order valence-electron chi connectivity index (χ1n) is 19.1. The third-order valence-corrected chi connectivity index (χ3v) is 11.3. The number of imide groups is 1. The number of fused-ring (bicyclic) bond motifs is 3. The fraction of sp³-hybridized carbons (Fsp3) is 0.425. The van der Waals surface area contributed by atoms with E-state index in [0.29, 0.717) is 36.8 Å². The van der Waals surface area contributed by atoms with E-state index in [1.54, 1.807) is 17.4 Å². The summed E-state index contributed by atoms with van der Waals surface area (Å²) in [6.45, 7) is 6.85. The number of nitrogens with zero attached hydrogens (tertiary/aromatic N) is 5. The molecular formula is C40H46ClN9O6S. The molecule has 1 saturated heterocycles. The van der Waals surface area contributed by atoms with Crippen LogP contribution < -0.4 is 26.0 Å². The van der Waals surface area contributed by atoms with Crippen molar-refractivity contribution in [1.82, 2.24) is 41.0 Å². The lowest BCUT2D eigenvalue weighted by Crippen LogP contribution is -2.46. The van der Waals surface area contributed by atoms with Crippen molar-refractivity contribution in [3.05, 3.63) is 86.4 Å². The molecule has 0 bridgehead atoms. The van der Waals surface area contributed by atoms with Crippen LogP contribution in [0.4, 0.5) is 0 Å². The molecule has 0 spiro atoms. The third kappa shape index (κ3) is 10.5. The smallest absolute Gasteiger partial charge is 0.270 e. The molecule has 0 radical (unpaired) electrons. The van der Waals surface area contributed by atoms with Gasteiger partial charge in [0.2, 0.25) is 23.6 Å². The van der Waals surface area contributed by atoms with Gasteiger partial charge in [0.25, 0.3) is 11.8 Å². The first kappa shape index (κ1) is 41.2. The number of thiophene rings is 1. The van der Waals surface area contributed by atoms with Gasteiger partial charge in [-0.05, 0) is 70.2 Å². The zero-order valence-electron chi connectivity index (χ0n) is 32.2. The Labute approximate surface area is 339 Å². The molecule has 4 aromatic rings. The average molecular weight is 816 g/mol. The van der Waals surface area contributed by atoms with Crippen LogP contribution in [0, 0.1) is 20.8 Å². The highest BCUT2D eigenvalue weighted by Crippen LogP contribution is 2.39. The number of aromatic nitrogens is 4. The number of rotatable bonds is 16. The van der Waals surface area contributed by atoms with Crippen molar-refractivity contribution in [2.75, 3.05) is 19.7 Å². The molecule has 1 fully saturated rings. The molecule has 2 aliphatic rings. The van der Waals surface area contributed by atoms with Crippen molar-refractivity contribution < 1.29 is 28.7 Å². The second-order valence-corrected chi connectivity index (χ2v) is 15.7. The Kier molecular flexibility index (Phi) is 13.8. The number of unbranched alkanes of at least 4 members (excludes halogenated alkanes) is 4. The van der Waals surface area contributed by atoms with Crippen molar-refractivity contribution in [3.8, 4) is 10.9 Å². The first-order valence-corrected chi connectivity index (χ1v) is 20.3. The molecule has 15 nitrogen and oxygen atoms in total. The highest BCUT2D eigenvalue weighted by atomic mass is 35.5. The van der Waals surface area contributed by atoms with Gasteiger partial charge in [-0.2, -0.15) is 0 Å². The van der Waals surface area contributed by atoms with Crippen LogP contribution in [0.25, 0.3) is 5.00 Å². The van der Waals surface area contributed by atoms with Crippen molar-refractivity contribution in [3.63, 3.8) is 0 Å². The number of aryl methyl sites for hydroxylation is 2. The van der Waals surface area contributed by atoms with E-state index in [2.05, 4.69) is 50.3 Å². The molecule has 0 aliphatic carbocycles. The Hall–Kier alpha value is -5.48. The summed E-state index contributed by atoms with van der Waals surface area (Å²) in [5, 5.41) is 21.2. The van der Waals surface area contributed by atoms with Crippen LogP contribution in [0.15, 0.2) is 47.5 Å². The van der Waals surface area contributed by atoms with E-state index in [4.69, 9.17) is 21.3 Å². The van der Waals surface area contributed by atoms with Gasteiger partial charge in [0.1, 0.15) is 28.6 Å². The van der Waals surface area contributed by atoms with Crippen LogP contribution in [0.5, 0.6) is 5.88 Å². The zero-order valence-corrected chi connectivity index (χ0v) is 33.7. The number of carbonyl (C=O) groups excluding carboxylic acids is 5. The monoisotopic (exact) mass is 815 g/mol. The summed E-state index contributed by atoms with van der Waals surface area (Å²) >= 11 is 7.89. The SMILES string of the molecule is Cc1sc2c(c1C)C(c1ccc(Cl)cc1)=N[C@@H](CC(=O)NCCCCCCCNC(=O)COc1cccc(C(=O)NC3CCCC(=O)NC3=O)n1)c1nnc(C)n1-2. The van der Waals surface area contributed by atoms with Gasteiger partial charge in [-0.25, -0.2) is 4.98 Å². The Morgan fingerprint density at radius 2 is 1.67 bits per heavy atom. The van der Waals surface area contributed by atoms with E-state index in [0.717, 1.165) is 65.3 Å². The summed E-state index contributed by atoms with van der Waals surface area (Å²) in [7, 11) is 0. The normalized spacial score (nSPS) is 16.3. The van der Waals surface area contributed by atoms with Gasteiger partial charge >= 0.3 is 0 Å². The number of pyridine rings is 1. The summed E-state index contributed by atoms with van der Waals surface area (Å²) in [5.74, 6) is -0.450. The van der Waals surface area contributed by atoms with E-state index in [-0.39, 0.29) is 48.7 Å². The quantitative estimate of drug-likeness (QED) is 0.0909. The molecule has 5 heterocycles. The topological polar surface area (TPSA) is 199 Å². The summed E-state index contributed by atoms with van der Waals surface area (Å²) in [4.78, 5) is 72.5. The molecular weight excluding hydrogens is 770 g/mol. The van der Waals surface area contributed by atoms with Gasteiger partial charge in [-0.1, -0.05) is 49.1 Å². The van der Waals surface area contributed by atoms with Crippen LogP contribution >= 0.6 is 22.9 Å². The Bertz CT molecular complexity index is 2170. The van der Waals surface area contributed by atoms with Crippen LogP contribution in [0.1, 0.15) is 108 Å². The minimum Gasteiger partial charge on any atom is -0.468 e. The number of hydrogen-bond donors (Lipinski definition) is 4. The van der Waals surface area contributed by atoms with E-state index in [9.17, 15) is 24.0 Å². The predicted molar refractivity (Wildman–Crippen MR) is 215 cm³/mol. The van der Waals surface area contributed by atoms with E-state index in [1.807, 2.05) is 35.8 Å². The molecule has 2 aliphatic heterocycles. The predicted octanol–water partition coefficient (Wildman–Crippen LogP) is 4.77. The van der Waals surface area contributed by atoms with Gasteiger partial charge in [0.05, 0.1) is 12.1 Å². The first-order chi connectivity index (χ1) is 27.5. The molecule has 3 aromatic heterocycles. The maximum Gasteiger partial charge on any atom is 0.270 e. The van der Waals surface area contributed by atoms with Gasteiger partial charge in [0, 0.05) is 46.6 Å². The number of ether oxygens (including phenoxy) is 1. The van der Waals surface area contributed by atoms with Gasteiger partial charge in [-0.3, -0.25) is 38.8 Å². The minimum atomic E-state index is -0.838. The van der Waals surface area contributed by atoms with Gasteiger partial charge < -0.3 is 20.7 Å². The third-order valence-electron chi connectivity index (χ3n) is 9.82. The average Bonchev–Trinajstić information content (AvgIpc) is 3.61. The molecule has 5 amide bonds. The number of carbonyl (C=O) groups is 5. The fourth-order valence-electron chi connectivity index (χ4n) is 6.68. The van der Waals surface area contributed by atoms with Crippen molar-refractivity contribution >= 4 is 58.2 Å². The summed E-state index contributed by atoms with van der Waals surface area (Å²) < 4.78 is 7.52. The number of hydrogen-bond acceptors (Lipinski definition) is 11. The van der Waals surface area contributed by atoms with Crippen LogP contribution in [0.3, 0.4) is 0 Å². The molecule has 1 unspecified atom stereocenters. The van der Waals surface area contributed by atoms with Crippen LogP contribution in [0.2, 0.25) is 5.02 Å². The molecule has 0 saturated carbocycles. The van der Waals surface area contributed by atoms with Crippen molar-refractivity contribution in [2.24, 2.45) is 4.99 Å². The summed E-state index contributed by atoms with van der Waals surface area (Å²) in [6.07, 6.45) is 5.55. The Balaban J connectivity index is 0.891. The van der Waals surface area contributed by atoms with E-state index < -0.39 is 23.9 Å². The van der Waals surface area contributed by atoms with Crippen LogP contribution in [-0.4, -0.2) is 80.7 Å². The molecule has 6 rings (SSSR count). The molecule has 2 atom stereocenters. The van der Waals surface area contributed by atoms with Crippen LogP contribution in [-0.2, 0) is 19.2 Å². The Morgan fingerprint density at radius 1 is 0.947 bits per heavy atom. The maximum absolute atomic E-state index is 13.2. The zero-order chi connectivity index (χ0) is 40.5. The maximum atomic E-state index is 13.2. The van der Waals surface area contributed by atoms with Gasteiger partial charge in [-0.15, -0.1) is 21.5 Å². The van der Waals surface area contributed by atoms with Gasteiger partial charge in [0.15, 0.2) is 12.4 Å². The molecule has 1 aromatic carbocycles. The number of benzene rings is 1.